The number of fused-ring (bicyclic) bond motifs is 1. The molecular weight excluding hydrogens is 264 g/mol. The van der Waals surface area contributed by atoms with E-state index in [1.54, 1.807) is 0 Å². The van der Waals surface area contributed by atoms with Crippen molar-refractivity contribution in [2.24, 2.45) is 5.84 Å². The number of hydrogen-bond donors (Lipinski definition) is 3. The quantitative estimate of drug-likeness (QED) is 0.581. The fraction of sp³-hybridized carbons (Fsp3) is 0.733. The van der Waals surface area contributed by atoms with Crippen LogP contribution in [0.4, 0.5) is 11.6 Å². The first-order chi connectivity index (χ1) is 10.2. The molecule has 1 aromatic rings. The second-order valence-corrected chi connectivity index (χ2v) is 6.49. The van der Waals surface area contributed by atoms with Gasteiger partial charge in [-0.3, -0.25) is 0 Å². The lowest BCUT2D eigenvalue weighted by Gasteiger charge is -2.35. The zero-order chi connectivity index (χ0) is 14.8. The zero-order valence-electron chi connectivity index (χ0n) is 13.0. The Hall–Kier alpha value is -1.40. The molecule has 0 spiro atoms. The largest absolute Gasteiger partial charge is 0.367 e. The standard InChI is InChI=1S/C15H26N6/c1-10(2)15-18-13(9-14(19-15)20-16)17-11-5-7-21-6-3-4-12(21)8-11/h9-12H,3-8,16H2,1-2H3,(H2,17,18,19,20). The second-order valence-electron chi connectivity index (χ2n) is 6.49. The molecule has 2 aliphatic heterocycles. The van der Waals surface area contributed by atoms with Crippen LogP contribution in [0, 0.1) is 0 Å². The monoisotopic (exact) mass is 290 g/mol. The molecule has 0 radical (unpaired) electrons. The smallest absolute Gasteiger partial charge is 0.145 e. The third-order valence-electron chi connectivity index (χ3n) is 4.58. The molecule has 2 unspecified atom stereocenters. The molecular formula is C15H26N6. The minimum Gasteiger partial charge on any atom is -0.367 e. The predicted octanol–water partition coefficient (Wildman–Crippen LogP) is 1.92. The van der Waals surface area contributed by atoms with Gasteiger partial charge in [0.15, 0.2) is 0 Å². The molecule has 0 bridgehead atoms. The Morgan fingerprint density at radius 2 is 2.05 bits per heavy atom. The van der Waals surface area contributed by atoms with Gasteiger partial charge in [0.25, 0.3) is 0 Å². The zero-order valence-corrected chi connectivity index (χ0v) is 13.0. The SMILES string of the molecule is CC(C)c1nc(NN)cc(NC2CCN3CCCC3C2)n1. The van der Waals surface area contributed by atoms with E-state index < -0.39 is 0 Å². The van der Waals surface area contributed by atoms with Crippen molar-refractivity contribution in [3.05, 3.63) is 11.9 Å². The fourth-order valence-corrected chi connectivity index (χ4v) is 3.44. The maximum absolute atomic E-state index is 5.52. The minimum absolute atomic E-state index is 0.288. The van der Waals surface area contributed by atoms with Gasteiger partial charge in [-0.2, -0.15) is 0 Å². The molecule has 3 rings (SSSR count). The Labute approximate surface area is 126 Å². The van der Waals surface area contributed by atoms with Gasteiger partial charge in [-0.05, 0) is 32.2 Å². The van der Waals surface area contributed by atoms with E-state index in [-0.39, 0.29) is 5.92 Å². The Kier molecular flexibility index (Phi) is 4.26. The number of piperidine rings is 1. The summed E-state index contributed by atoms with van der Waals surface area (Å²) in [6.07, 6.45) is 5.09. The van der Waals surface area contributed by atoms with E-state index in [0.29, 0.717) is 11.9 Å². The molecule has 2 aliphatic rings. The number of hydrazine groups is 1. The van der Waals surface area contributed by atoms with Crippen molar-refractivity contribution >= 4 is 11.6 Å². The molecule has 6 heteroatoms. The number of aromatic nitrogens is 2. The molecule has 2 saturated heterocycles. The van der Waals surface area contributed by atoms with E-state index in [1.807, 2.05) is 6.07 Å². The molecule has 21 heavy (non-hydrogen) atoms. The molecule has 116 valence electrons. The Balaban J connectivity index is 1.70. The van der Waals surface area contributed by atoms with Crippen LogP contribution >= 0.6 is 0 Å². The summed E-state index contributed by atoms with van der Waals surface area (Å²) in [4.78, 5) is 11.7. The average Bonchev–Trinajstić information content (AvgIpc) is 2.94. The Morgan fingerprint density at radius 1 is 1.24 bits per heavy atom. The van der Waals surface area contributed by atoms with Crippen LogP contribution in [0.3, 0.4) is 0 Å². The maximum atomic E-state index is 5.52. The van der Waals surface area contributed by atoms with Gasteiger partial charge in [0, 0.05) is 30.6 Å². The summed E-state index contributed by atoms with van der Waals surface area (Å²) >= 11 is 0. The summed E-state index contributed by atoms with van der Waals surface area (Å²) in [5, 5.41) is 3.59. The van der Waals surface area contributed by atoms with Gasteiger partial charge in [0.2, 0.25) is 0 Å². The molecule has 3 heterocycles. The Morgan fingerprint density at radius 3 is 2.81 bits per heavy atom. The summed E-state index contributed by atoms with van der Waals surface area (Å²) in [6, 6.07) is 3.16. The van der Waals surface area contributed by atoms with Crippen LogP contribution in [-0.4, -0.2) is 40.0 Å². The molecule has 2 fully saturated rings. The lowest BCUT2D eigenvalue weighted by Crippen LogP contribution is -2.42. The molecule has 6 nitrogen and oxygen atoms in total. The van der Waals surface area contributed by atoms with Crippen molar-refractivity contribution in [1.82, 2.24) is 14.9 Å². The summed E-state index contributed by atoms with van der Waals surface area (Å²) in [5.41, 5.74) is 2.64. The van der Waals surface area contributed by atoms with Gasteiger partial charge in [-0.25, -0.2) is 15.8 Å². The number of nitrogens with zero attached hydrogens (tertiary/aromatic N) is 3. The van der Waals surface area contributed by atoms with Crippen LogP contribution < -0.4 is 16.6 Å². The van der Waals surface area contributed by atoms with E-state index in [2.05, 4.69) is 39.5 Å². The third-order valence-corrected chi connectivity index (χ3v) is 4.58. The summed E-state index contributed by atoms with van der Waals surface area (Å²) < 4.78 is 0. The molecule has 4 N–H and O–H groups in total. The van der Waals surface area contributed by atoms with Crippen molar-refractivity contribution in [3.8, 4) is 0 Å². The summed E-state index contributed by atoms with van der Waals surface area (Å²) in [5.74, 6) is 8.19. The Bertz CT molecular complexity index is 489. The van der Waals surface area contributed by atoms with E-state index in [9.17, 15) is 0 Å². The van der Waals surface area contributed by atoms with Crippen LogP contribution in [0.25, 0.3) is 0 Å². The first-order valence-corrected chi connectivity index (χ1v) is 8.02. The van der Waals surface area contributed by atoms with Gasteiger partial charge >= 0.3 is 0 Å². The number of nitrogens with two attached hydrogens (primary N) is 1. The van der Waals surface area contributed by atoms with Crippen molar-refractivity contribution in [1.29, 1.82) is 0 Å². The van der Waals surface area contributed by atoms with Gasteiger partial charge < -0.3 is 15.6 Å². The van der Waals surface area contributed by atoms with Gasteiger partial charge in [0.1, 0.15) is 17.5 Å². The highest BCUT2D eigenvalue weighted by Gasteiger charge is 2.31. The minimum atomic E-state index is 0.288. The highest BCUT2D eigenvalue weighted by atomic mass is 15.3. The molecule has 1 aromatic heterocycles. The maximum Gasteiger partial charge on any atom is 0.145 e. The second kappa shape index (κ2) is 6.15. The topological polar surface area (TPSA) is 79.1 Å². The van der Waals surface area contributed by atoms with E-state index >= 15 is 0 Å². The summed E-state index contributed by atoms with van der Waals surface area (Å²) in [6.45, 7) is 6.67. The first kappa shape index (κ1) is 14.5. The number of rotatable bonds is 4. The van der Waals surface area contributed by atoms with Gasteiger partial charge in [-0.15, -0.1) is 0 Å². The number of hydrogen-bond acceptors (Lipinski definition) is 6. The van der Waals surface area contributed by atoms with Crippen LogP contribution in [-0.2, 0) is 0 Å². The average molecular weight is 290 g/mol. The predicted molar refractivity (Wildman–Crippen MR) is 85.2 cm³/mol. The van der Waals surface area contributed by atoms with E-state index in [4.69, 9.17) is 5.84 Å². The highest BCUT2D eigenvalue weighted by Crippen LogP contribution is 2.28. The van der Waals surface area contributed by atoms with Crippen LogP contribution in [0.1, 0.15) is 51.3 Å². The lowest BCUT2D eigenvalue weighted by atomic mass is 9.97. The van der Waals surface area contributed by atoms with E-state index in [1.165, 1.54) is 38.8 Å². The van der Waals surface area contributed by atoms with Crippen molar-refractivity contribution in [2.45, 2.75) is 57.5 Å². The number of nitrogens with one attached hydrogen (secondary N) is 2. The van der Waals surface area contributed by atoms with Gasteiger partial charge in [-0.1, -0.05) is 13.8 Å². The van der Waals surface area contributed by atoms with Crippen molar-refractivity contribution in [2.75, 3.05) is 23.8 Å². The molecule has 0 amide bonds. The number of nitrogen functional groups attached to an aromatic ring is 1. The van der Waals surface area contributed by atoms with Crippen molar-refractivity contribution < 1.29 is 0 Å². The molecule has 0 saturated carbocycles. The normalized spacial score (nSPS) is 25.9. The third kappa shape index (κ3) is 3.27. The van der Waals surface area contributed by atoms with E-state index in [0.717, 1.165) is 17.7 Å². The fourth-order valence-electron chi connectivity index (χ4n) is 3.44. The van der Waals surface area contributed by atoms with Crippen molar-refractivity contribution in [3.63, 3.8) is 0 Å². The molecule has 2 atom stereocenters. The highest BCUT2D eigenvalue weighted by molar-refractivity contribution is 5.47. The lowest BCUT2D eigenvalue weighted by molar-refractivity contribution is 0.188. The van der Waals surface area contributed by atoms with Gasteiger partial charge in [0.05, 0.1) is 0 Å². The molecule has 0 aromatic carbocycles. The van der Waals surface area contributed by atoms with Crippen LogP contribution in [0.2, 0.25) is 0 Å². The van der Waals surface area contributed by atoms with Crippen LogP contribution in [0.15, 0.2) is 6.07 Å². The van der Waals surface area contributed by atoms with Crippen LogP contribution in [0.5, 0.6) is 0 Å². The summed E-state index contributed by atoms with van der Waals surface area (Å²) in [7, 11) is 0. The number of anilines is 2. The first-order valence-electron chi connectivity index (χ1n) is 8.02. The molecule has 0 aliphatic carbocycles.